The van der Waals surface area contributed by atoms with Crippen LogP contribution in [0.4, 0.5) is 5.69 Å². The molecule has 0 saturated carbocycles. The summed E-state index contributed by atoms with van der Waals surface area (Å²) in [5.74, 6) is 1.14. The maximum absolute atomic E-state index is 13.2. The van der Waals surface area contributed by atoms with Crippen molar-refractivity contribution >= 4 is 11.7 Å². The fourth-order valence-electron chi connectivity index (χ4n) is 4.59. The zero-order valence-corrected chi connectivity index (χ0v) is 17.1. The molecule has 2 heterocycles. The lowest BCUT2D eigenvalue weighted by Gasteiger charge is -2.36. The van der Waals surface area contributed by atoms with E-state index < -0.39 is 5.60 Å². The number of para-hydroxylation sites is 2. The highest BCUT2D eigenvalue weighted by atomic mass is 16.6. The lowest BCUT2D eigenvalue weighted by molar-refractivity contribution is 0.0225. The Labute approximate surface area is 176 Å². The van der Waals surface area contributed by atoms with Crippen LogP contribution in [-0.2, 0) is 10.3 Å². The Hall–Kier alpha value is -3.27. The Balaban J connectivity index is 1.62. The third-order valence-electron chi connectivity index (χ3n) is 5.99. The molecule has 0 saturated heterocycles. The molecule has 0 aromatic heterocycles. The zero-order valence-electron chi connectivity index (χ0n) is 17.1. The highest BCUT2D eigenvalue weighted by Gasteiger charge is 2.54. The van der Waals surface area contributed by atoms with E-state index in [9.17, 15) is 4.79 Å². The van der Waals surface area contributed by atoms with Crippen LogP contribution in [0.2, 0.25) is 0 Å². The van der Waals surface area contributed by atoms with Crippen LogP contribution in [0.25, 0.3) is 0 Å². The van der Waals surface area contributed by atoms with Crippen molar-refractivity contribution in [2.45, 2.75) is 38.2 Å². The number of benzene rings is 3. The second-order valence-electron chi connectivity index (χ2n) is 7.88. The van der Waals surface area contributed by atoms with Gasteiger partial charge in [-0.05, 0) is 24.6 Å². The molecule has 3 aromatic rings. The van der Waals surface area contributed by atoms with Gasteiger partial charge in [0.15, 0.2) is 5.60 Å². The number of hydrogen-bond donors (Lipinski definition) is 1. The van der Waals surface area contributed by atoms with Gasteiger partial charge in [0.05, 0.1) is 5.56 Å². The van der Waals surface area contributed by atoms with E-state index in [0.29, 0.717) is 5.56 Å². The predicted molar refractivity (Wildman–Crippen MR) is 117 cm³/mol. The number of rotatable bonds is 6. The minimum Gasteiger partial charge on any atom is -0.456 e. The number of carbonyl (C=O) groups excluding carboxylic acids is 1. The SMILES string of the molecule is CCCCCCNc1cccc2c1C(=O)OC21c2ccccc2Oc2ccccc21. The first-order valence-corrected chi connectivity index (χ1v) is 10.7. The van der Waals surface area contributed by atoms with E-state index in [4.69, 9.17) is 9.47 Å². The van der Waals surface area contributed by atoms with Gasteiger partial charge >= 0.3 is 5.97 Å². The summed E-state index contributed by atoms with van der Waals surface area (Å²) in [5.41, 5.74) is 3.06. The van der Waals surface area contributed by atoms with Gasteiger partial charge in [-0.1, -0.05) is 74.7 Å². The number of unbranched alkanes of at least 4 members (excludes halogenated alkanes) is 3. The predicted octanol–water partition coefficient (Wildman–Crippen LogP) is 6.25. The summed E-state index contributed by atoms with van der Waals surface area (Å²) in [6.45, 7) is 3.05. The van der Waals surface area contributed by atoms with Gasteiger partial charge in [-0.25, -0.2) is 4.79 Å². The van der Waals surface area contributed by atoms with Crippen LogP contribution in [0.3, 0.4) is 0 Å². The summed E-state index contributed by atoms with van der Waals surface area (Å²) >= 11 is 0. The van der Waals surface area contributed by atoms with Gasteiger partial charge in [-0.2, -0.15) is 0 Å². The molecule has 0 fully saturated rings. The van der Waals surface area contributed by atoms with Crippen molar-refractivity contribution in [3.63, 3.8) is 0 Å². The quantitative estimate of drug-likeness (QED) is 0.393. The molecule has 152 valence electrons. The van der Waals surface area contributed by atoms with E-state index in [1.807, 2.05) is 66.7 Å². The third kappa shape index (κ3) is 2.78. The highest BCUT2D eigenvalue weighted by molar-refractivity contribution is 6.02. The number of esters is 1. The summed E-state index contributed by atoms with van der Waals surface area (Å²) < 4.78 is 12.4. The molecule has 5 rings (SSSR count). The van der Waals surface area contributed by atoms with Gasteiger partial charge in [0.25, 0.3) is 0 Å². The molecule has 30 heavy (non-hydrogen) atoms. The van der Waals surface area contributed by atoms with Crippen LogP contribution in [0, 0.1) is 0 Å². The summed E-state index contributed by atoms with van der Waals surface area (Å²) in [5, 5.41) is 3.47. The topological polar surface area (TPSA) is 47.6 Å². The molecule has 0 aliphatic carbocycles. The van der Waals surface area contributed by atoms with Crippen LogP contribution in [-0.4, -0.2) is 12.5 Å². The molecule has 0 amide bonds. The van der Waals surface area contributed by atoms with Crippen LogP contribution >= 0.6 is 0 Å². The molecule has 2 aliphatic rings. The second kappa shape index (κ2) is 7.52. The van der Waals surface area contributed by atoms with Gasteiger partial charge in [-0.15, -0.1) is 0 Å². The van der Waals surface area contributed by atoms with Gasteiger partial charge < -0.3 is 14.8 Å². The van der Waals surface area contributed by atoms with Crippen molar-refractivity contribution < 1.29 is 14.3 Å². The number of carbonyl (C=O) groups is 1. The maximum atomic E-state index is 13.2. The molecule has 0 atom stereocenters. The Morgan fingerprint density at radius 2 is 1.47 bits per heavy atom. The van der Waals surface area contributed by atoms with E-state index in [2.05, 4.69) is 12.2 Å². The van der Waals surface area contributed by atoms with E-state index >= 15 is 0 Å². The molecule has 1 N–H and O–H groups in total. The van der Waals surface area contributed by atoms with E-state index in [1.165, 1.54) is 19.3 Å². The van der Waals surface area contributed by atoms with Crippen molar-refractivity contribution in [2.24, 2.45) is 0 Å². The normalized spacial score (nSPS) is 15.0. The third-order valence-corrected chi connectivity index (χ3v) is 5.99. The first-order valence-electron chi connectivity index (χ1n) is 10.7. The summed E-state index contributed by atoms with van der Waals surface area (Å²) in [6, 6.07) is 21.6. The fourth-order valence-corrected chi connectivity index (χ4v) is 4.59. The first-order chi connectivity index (χ1) is 14.8. The second-order valence-corrected chi connectivity index (χ2v) is 7.88. The molecule has 0 bridgehead atoms. The van der Waals surface area contributed by atoms with Crippen molar-refractivity contribution in [1.82, 2.24) is 0 Å². The molecule has 4 heteroatoms. The van der Waals surface area contributed by atoms with Crippen LogP contribution in [0.15, 0.2) is 66.7 Å². The minimum absolute atomic E-state index is 0.298. The molecule has 0 radical (unpaired) electrons. The maximum Gasteiger partial charge on any atom is 0.342 e. The molecular weight excluding hydrogens is 374 g/mol. The Morgan fingerprint density at radius 3 is 2.17 bits per heavy atom. The summed E-state index contributed by atoms with van der Waals surface area (Å²) in [4.78, 5) is 13.2. The van der Waals surface area contributed by atoms with E-state index in [-0.39, 0.29) is 5.97 Å². The van der Waals surface area contributed by atoms with Gasteiger partial charge in [0.1, 0.15) is 11.5 Å². The summed E-state index contributed by atoms with van der Waals surface area (Å²) in [7, 11) is 0. The molecule has 2 aliphatic heterocycles. The number of fused-ring (bicyclic) bond motifs is 6. The van der Waals surface area contributed by atoms with Gasteiger partial charge in [0, 0.05) is 28.9 Å². The smallest absolute Gasteiger partial charge is 0.342 e. The number of hydrogen-bond acceptors (Lipinski definition) is 4. The Morgan fingerprint density at radius 1 is 0.800 bits per heavy atom. The fraction of sp³-hybridized carbons (Fsp3) is 0.269. The van der Waals surface area contributed by atoms with Crippen molar-refractivity contribution in [2.75, 3.05) is 11.9 Å². The van der Waals surface area contributed by atoms with Crippen molar-refractivity contribution in [3.8, 4) is 11.5 Å². The Bertz CT molecular complexity index is 1060. The van der Waals surface area contributed by atoms with Crippen molar-refractivity contribution in [3.05, 3.63) is 89.0 Å². The van der Waals surface area contributed by atoms with Crippen molar-refractivity contribution in [1.29, 1.82) is 0 Å². The number of anilines is 1. The van der Waals surface area contributed by atoms with Crippen LogP contribution in [0.5, 0.6) is 11.5 Å². The Kier molecular flexibility index (Phi) is 4.70. The van der Waals surface area contributed by atoms with E-state index in [0.717, 1.165) is 46.8 Å². The molecule has 4 nitrogen and oxygen atoms in total. The van der Waals surface area contributed by atoms with Crippen LogP contribution in [0.1, 0.15) is 59.7 Å². The molecule has 1 spiro atoms. The standard InChI is InChI=1S/C26H25NO3/c1-2-3-4-9-17-27-21-14-10-13-20-24(21)25(28)30-26(20)18-11-5-7-15-22(18)29-23-16-8-6-12-19(23)26/h5-8,10-16,27H,2-4,9,17H2,1H3. The largest absolute Gasteiger partial charge is 0.456 e. The van der Waals surface area contributed by atoms with Gasteiger partial charge in [-0.3, -0.25) is 0 Å². The average Bonchev–Trinajstić information content (AvgIpc) is 3.08. The minimum atomic E-state index is -0.988. The lowest BCUT2D eigenvalue weighted by atomic mass is 9.77. The highest BCUT2D eigenvalue weighted by Crippen LogP contribution is 2.56. The van der Waals surface area contributed by atoms with E-state index in [1.54, 1.807) is 0 Å². The lowest BCUT2D eigenvalue weighted by Crippen LogP contribution is -2.32. The number of ether oxygens (including phenoxy) is 2. The molecule has 0 unspecified atom stereocenters. The zero-order chi connectivity index (χ0) is 20.6. The van der Waals surface area contributed by atoms with Crippen LogP contribution < -0.4 is 10.1 Å². The summed E-state index contributed by atoms with van der Waals surface area (Å²) in [6.07, 6.45) is 4.70. The molecular formula is C26H25NO3. The monoisotopic (exact) mass is 399 g/mol. The average molecular weight is 399 g/mol. The molecule has 3 aromatic carbocycles. The van der Waals surface area contributed by atoms with Gasteiger partial charge in [0.2, 0.25) is 0 Å². The number of nitrogens with one attached hydrogen (secondary N) is 1. The first kappa shape index (κ1) is 18.7.